The van der Waals surface area contributed by atoms with Gasteiger partial charge in [-0.2, -0.15) is 0 Å². The fourth-order valence-corrected chi connectivity index (χ4v) is 3.23. The van der Waals surface area contributed by atoms with Gasteiger partial charge in [-0.05, 0) is 31.9 Å². The van der Waals surface area contributed by atoms with Crippen LogP contribution in [0.15, 0.2) is 24.5 Å². The van der Waals surface area contributed by atoms with Crippen molar-refractivity contribution in [2.24, 2.45) is 14.1 Å². The fraction of sp³-hybridized carbons (Fsp3) is 0.500. The van der Waals surface area contributed by atoms with Crippen LogP contribution in [0.25, 0.3) is 0 Å². The Balaban J connectivity index is 1.79. The maximum atomic E-state index is 12.6. The molecular weight excluding hydrogens is 264 g/mol. The Morgan fingerprint density at radius 3 is 2.76 bits per heavy atom. The van der Waals surface area contributed by atoms with Crippen molar-refractivity contribution in [1.82, 2.24) is 19.0 Å². The van der Waals surface area contributed by atoms with E-state index in [1.807, 2.05) is 55.0 Å². The van der Waals surface area contributed by atoms with Crippen LogP contribution in [-0.2, 0) is 14.1 Å². The number of hydrogen-bond acceptors (Lipinski definition) is 2. The summed E-state index contributed by atoms with van der Waals surface area (Å²) in [6.45, 7) is 3.61. The molecule has 1 amide bonds. The number of rotatable bonds is 2. The molecule has 0 spiro atoms. The van der Waals surface area contributed by atoms with E-state index in [1.54, 1.807) is 0 Å². The van der Waals surface area contributed by atoms with E-state index in [9.17, 15) is 4.79 Å². The van der Waals surface area contributed by atoms with Gasteiger partial charge in [0.25, 0.3) is 5.91 Å². The van der Waals surface area contributed by atoms with Crippen LogP contribution >= 0.6 is 0 Å². The first-order valence-corrected chi connectivity index (χ1v) is 7.46. The molecule has 3 rings (SSSR count). The van der Waals surface area contributed by atoms with Crippen LogP contribution in [0, 0.1) is 6.92 Å². The molecule has 2 aromatic rings. The van der Waals surface area contributed by atoms with E-state index in [-0.39, 0.29) is 5.91 Å². The van der Waals surface area contributed by atoms with Crippen LogP contribution in [-0.4, -0.2) is 38.0 Å². The summed E-state index contributed by atoms with van der Waals surface area (Å²) in [5.74, 6) is 1.55. The molecule has 1 aliphatic heterocycles. The first kappa shape index (κ1) is 13.9. The first-order chi connectivity index (χ1) is 10.1. The Morgan fingerprint density at radius 1 is 1.33 bits per heavy atom. The Kier molecular flexibility index (Phi) is 3.57. The first-order valence-electron chi connectivity index (χ1n) is 7.46. The lowest BCUT2D eigenvalue weighted by Crippen LogP contribution is -2.40. The third kappa shape index (κ3) is 2.60. The third-order valence-corrected chi connectivity index (χ3v) is 4.27. The number of aryl methyl sites for hydroxylation is 3. The highest BCUT2D eigenvalue weighted by atomic mass is 16.2. The van der Waals surface area contributed by atoms with Crippen molar-refractivity contribution < 1.29 is 4.79 Å². The summed E-state index contributed by atoms with van der Waals surface area (Å²) in [6.07, 6.45) is 6.10. The van der Waals surface area contributed by atoms with Gasteiger partial charge in [-0.15, -0.1) is 0 Å². The minimum absolute atomic E-state index is 0.123. The molecule has 0 N–H and O–H groups in total. The highest BCUT2D eigenvalue weighted by molar-refractivity contribution is 5.92. The van der Waals surface area contributed by atoms with E-state index < -0.39 is 0 Å². The number of nitrogens with zero attached hydrogens (tertiary/aromatic N) is 4. The van der Waals surface area contributed by atoms with Gasteiger partial charge in [-0.3, -0.25) is 4.79 Å². The number of likely N-dealkylation sites (tertiary alicyclic amines) is 1. The molecule has 5 nitrogen and oxygen atoms in total. The molecule has 0 radical (unpaired) electrons. The Hall–Kier alpha value is -2.04. The van der Waals surface area contributed by atoms with Crippen molar-refractivity contribution in [2.75, 3.05) is 13.1 Å². The van der Waals surface area contributed by atoms with Crippen LogP contribution in [0.2, 0.25) is 0 Å². The molecule has 1 atom stereocenters. The zero-order valence-corrected chi connectivity index (χ0v) is 12.9. The zero-order chi connectivity index (χ0) is 15.0. The monoisotopic (exact) mass is 286 g/mol. The van der Waals surface area contributed by atoms with E-state index in [0.29, 0.717) is 5.92 Å². The molecule has 0 aromatic carbocycles. The lowest BCUT2D eigenvalue weighted by Gasteiger charge is -2.32. The lowest BCUT2D eigenvalue weighted by atomic mass is 9.97. The van der Waals surface area contributed by atoms with E-state index in [2.05, 4.69) is 9.55 Å². The van der Waals surface area contributed by atoms with E-state index >= 15 is 0 Å². The summed E-state index contributed by atoms with van der Waals surface area (Å²) >= 11 is 0. The minimum atomic E-state index is 0.123. The molecule has 3 heterocycles. The maximum Gasteiger partial charge on any atom is 0.270 e. The molecule has 1 aliphatic rings. The van der Waals surface area contributed by atoms with Crippen molar-refractivity contribution in [3.05, 3.63) is 41.7 Å². The smallest absolute Gasteiger partial charge is 0.270 e. The van der Waals surface area contributed by atoms with Gasteiger partial charge in [0.2, 0.25) is 0 Å². The fourth-order valence-electron chi connectivity index (χ4n) is 3.23. The lowest BCUT2D eigenvalue weighted by molar-refractivity contribution is 0.0694. The predicted molar refractivity (Wildman–Crippen MR) is 81.2 cm³/mol. The summed E-state index contributed by atoms with van der Waals surface area (Å²) < 4.78 is 3.98. The Labute approximate surface area is 125 Å². The number of amides is 1. The molecule has 1 saturated heterocycles. The van der Waals surface area contributed by atoms with Gasteiger partial charge in [0.15, 0.2) is 0 Å². The average molecular weight is 286 g/mol. The second-order valence-electron chi connectivity index (χ2n) is 5.95. The zero-order valence-electron chi connectivity index (χ0n) is 12.9. The largest absolute Gasteiger partial charge is 0.347 e. The highest BCUT2D eigenvalue weighted by Gasteiger charge is 2.28. The second kappa shape index (κ2) is 5.39. The topological polar surface area (TPSA) is 43.1 Å². The minimum Gasteiger partial charge on any atom is -0.347 e. The Bertz CT molecular complexity index is 655. The third-order valence-electron chi connectivity index (χ3n) is 4.27. The second-order valence-corrected chi connectivity index (χ2v) is 5.95. The number of carbonyl (C=O) groups is 1. The number of piperidine rings is 1. The SMILES string of the molecule is Cc1cn(C)c(C2CCCN(C(=O)c3cccn3C)C2)n1. The molecular formula is C16H22N4O. The normalized spacial score (nSPS) is 19.0. The van der Waals surface area contributed by atoms with Crippen molar-refractivity contribution in [1.29, 1.82) is 0 Å². The van der Waals surface area contributed by atoms with Gasteiger partial charge in [-0.25, -0.2) is 4.98 Å². The van der Waals surface area contributed by atoms with Crippen molar-refractivity contribution in [3.8, 4) is 0 Å². The molecule has 0 saturated carbocycles. The standard InChI is InChI=1S/C16H22N4O/c1-12-10-19(3)15(17-12)13-6-4-9-20(11-13)16(21)14-7-5-8-18(14)2/h5,7-8,10,13H,4,6,9,11H2,1-3H3. The number of carbonyl (C=O) groups excluding carboxylic acids is 1. The molecule has 112 valence electrons. The number of imidazole rings is 1. The van der Waals surface area contributed by atoms with Crippen LogP contribution in [0.3, 0.4) is 0 Å². The van der Waals surface area contributed by atoms with Gasteiger partial charge in [0.1, 0.15) is 11.5 Å². The number of hydrogen-bond donors (Lipinski definition) is 0. The Morgan fingerprint density at radius 2 is 2.14 bits per heavy atom. The molecule has 0 bridgehead atoms. The summed E-state index contributed by atoms with van der Waals surface area (Å²) in [4.78, 5) is 19.2. The van der Waals surface area contributed by atoms with Gasteiger partial charge in [0.05, 0.1) is 5.69 Å². The molecule has 5 heteroatoms. The van der Waals surface area contributed by atoms with Crippen LogP contribution < -0.4 is 0 Å². The average Bonchev–Trinajstić information content (AvgIpc) is 3.03. The van der Waals surface area contributed by atoms with Crippen molar-refractivity contribution >= 4 is 5.91 Å². The van der Waals surface area contributed by atoms with Gasteiger partial charge in [0, 0.05) is 45.5 Å². The predicted octanol–water partition coefficient (Wildman–Crippen LogP) is 2.09. The summed E-state index contributed by atoms with van der Waals surface area (Å²) in [6, 6.07) is 3.80. The molecule has 1 unspecified atom stereocenters. The van der Waals surface area contributed by atoms with Gasteiger partial charge < -0.3 is 14.0 Å². The van der Waals surface area contributed by atoms with Crippen molar-refractivity contribution in [3.63, 3.8) is 0 Å². The highest BCUT2D eigenvalue weighted by Crippen LogP contribution is 2.27. The molecule has 2 aromatic heterocycles. The van der Waals surface area contributed by atoms with E-state index in [0.717, 1.165) is 43.1 Å². The summed E-state index contributed by atoms with van der Waals surface area (Å²) in [5, 5.41) is 0. The van der Waals surface area contributed by atoms with Gasteiger partial charge >= 0.3 is 0 Å². The quantitative estimate of drug-likeness (QED) is 0.848. The van der Waals surface area contributed by atoms with Crippen molar-refractivity contribution in [2.45, 2.75) is 25.7 Å². The van der Waals surface area contributed by atoms with E-state index in [4.69, 9.17) is 0 Å². The van der Waals surface area contributed by atoms with Crippen LogP contribution in [0.4, 0.5) is 0 Å². The van der Waals surface area contributed by atoms with Gasteiger partial charge in [-0.1, -0.05) is 0 Å². The summed E-state index contributed by atoms with van der Waals surface area (Å²) in [7, 11) is 3.95. The summed E-state index contributed by atoms with van der Waals surface area (Å²) in [5.41, 5.74) is 1.80. The maximum absolute atomic E-state index is 12.6. The van der Waals surface area contributed by atoms with Crippen LogP contribution in [0.5, 0.6) is 0 Å². The molecule has 21 heavy (non-hydrogen) atoms. The number of aromatic nitrogens is 3. The molecule has 1 fully saturated rings. The van der Waals surface area contributed by atoms with E-state index in [1.165, 1.54) is 0 Å². The van der Waals surface area contributed by atoms with Crippen LogP contribution in [0.1, 0.15) is 40.8 Å². The molecule has 0 aliphatic carbocycles.